The predicted octanol–water partition coefficient (Wildman–Crippen LogP) is 3.45. The molecular weight excluding hydrogens is 244 g/mol. The number of furan rings is 1. The van der Waals surface area contributed by atoms with Crippen molar-refractivity contribution >= 4 is 23.0 Å². The molecule has 1 heterocycles. The summed E-state index contributed by atoms with van der Waals surface area (Å²) in [7, 11) is 0. The summed E-state index contributed by atoms with van der Waals surface area (Å²) in [5, 5.41) is 14.0. The fourth-order valence-electron chi connectivity index (χ4n) is 1.41. The molecule has 0 aliphatic heterocycles. The van der Waals surface area contributed by atoms with Crippen LogP contribution in [0, 0.1) is 10.1 Å². The first-order chi connectivity index (χ1) is 8.16. The largest absolute Gasteiger partial charge is 0.448 e. The van der Waals surface area contributed by atoms with E-state index in [1.165, 1.54) is 6.07 Å². The van der Waals surface area contributed by atoms with Gasteiger partial charge in [0.2, 0.25) is 0 Å². The standard InChI is InChI=1S/C11H9ClN2O3/c12-11-6-5-8(17-11)7-13-9-3-1-2-4-10(9)14(15)16/h1-6,13H,7H2. The number of nitrogens with one attached hydrogen (secondary N) is 1. The lowest BCUT2D eigenvalue weighted by molar-refractivity contribution is -0.384. The maximum Gasteiger partial charge on any atom is 0.292 e. The van der Waals surface area contributed by atoms with Crippen molar-refractivity contribution in [3.63, 3.8) is 0 Å². The SMILES string of the molecule is O=[N+]([O-])c1ccccc1NCc1ccc(Cl)o1. The van der Waals surface area contributed by atoms with Gasteiger partial charge >= 0.3 is 0 Å². The zero-order valence-electron chi connectivity index (χ0n) is 8.72. The van der Waals surface area contributed by atoms with E-state index >= 15 is 0 Å². The van der Waals surface area contributed by atoms with Crippen molar-refractivity contribution in [2.24, 2.45) is 0 Å². The Kier molecular flexibility index (Phi) is 3.30. The predicted molar refractivity (Wildman–Crippen MR) is 64.1 cm³/mol. The van der Waals surface area contributed by atoms with E-state index in [-0.39, 0.29) is 5.69 Å². The van der Waals surface area contributed by atoms with Crippen LogP contribution in [-0.2, 0) is 6.54 Å². The molecule has 0 saturated heterocycles. The fourth-order valence-corrected chi connectivity index (χ4v) is 1.57. The molecule has 88 valence electrons. The molecule has 2 aromatic rings. The zero-order chi connectivity index (χ0) is 12.3. The van der Waals surface area contributed by atoms with E-state index in [1.54, 1.807) is 30.3 Å². The summed E-state index contributed by atoms with van der Waals surface area (Å²) < 4.78 is 5.14. The molecule has 1 N–H and O–H groups in total. The molecule has 0 bridgehead atoms. The number of nitro benzene ring substituents is 1. The smallest absolute Gasteiger partial charge is 0.292 e. The van der Waals surface area contributed by atoms with Crippen LogP contribution in [0.25, 0.3) is 0 Å². The highest BCUT2D eigenvalue weighted by atomic mass is 35.5. The Morgan fingerprint density at radius 3 is 2.71 bits per heavy atom. The molecule has 6 heteroatoms. The first-order valence-corrected chi connectivity index (χ1v) is 5.26. The van der Waals surface area contributed by atoms with Gasteiger partial charge in [-0.3, -0.25) is 10.1 Å². The van der Waals surface area contributed by atoms with Crippen LogP contribution in [-0.4, -0.2) is 4.92 Å². The highest BCUT2D eigenvalue weighted by Gasteiger charge is 2.12. The molecule has 5 nitrogen and oxygen atoms in total. The molecule has 1 aromatic heterocycles. The number of halogens is 1. The molecule has 17 heavy (non-hydrogen) atoms. The van der Waals surface area contributed by atoms with Crippen molar-refractivity contribution in [1.82, 2.24) is 0 Å². The third-order valence-electron chi connectivity index (χ3n) is 2.18. The highest BCUT2D eigenvalue weighted by molar-refractivity contribution is 6.28. The molecule has 1 aromatic carbocycles. The third kappa shape index (κ3) is 2.76. The van der Waals surface area contributed by atoms with E-state index in [0.717, 1.165) is 0 Å². The molecule has 2 rings (SSSR count). The minimum Gasteiger partial charge on any atom is -0.448 e. The van der Waals surface area contributed by atoms with E-state index in [1.807, 2.05) is 0 Å². The molecule has 0 spiro atoms. The molecule has 0 amide bonds. The van der Waals surface area contributed by atoms with Gasteiger partial charge < -0.3 is 9.73 Å². The van der Waals surface area contributed by atoms with Gasteiger partial charge in [0.05, 0.1) is 11.5 Å². The molecule has 0 unspecified atom stereocenters. The number of hydrogen-bond acceptors (Lipinski definition) is 4. The topological polar surface area (TPSA) is 68.3 Å². The summed E-state index contributed by atoms with van der Waals surface area (Å²) in [5.41, 5.74) is 0.482. The lowest BCUT2D eigenvalue weighted by Crippen LogP contribution is -2.01. The van der Waals surface area contributed by atoms with Gasteiger partial charge in [0, 0.05) is 6.07 Å². The number of anilines is 1. The second-order valence-corrected chi connectivity index (χ2v) is 3.71. The first kappa shape index (κ1) is 11.5. The van der Waals surface area contributed by atoms with Crippen LogP contribution in [0.1, 0.15) is 5.76 Å². The second-order valence-electron chi connectivity index (χ2n) is 3.33. The van der Waals surface area contributed by atoms with Crippen molar-refractivity contribution in [3.05, 3.63) is 57.5 Å². The lowest BCUT2D eigenvalue weighted by Gasteiger charge is -2.04. The maximum absolute atomic E-state index is 10.8. The monoisotopic (exact) mass is 252 g/mol. The quantitative estimate of drug-likeness (QED) is 0.668. The van der Waals surface area contributed by atoms with Gasteiger partial charge in [0.1, 0.15) is 11.4 Å². The van der Waals surface area contributed by atoms with Gasteiger partial charge in [-0.1, -0.05) is 12.1 Å². The van der Waals surface area contributed by atoms with Gasteiger partial charge in [-0.2, -0.15) is 0 Å². The van der Waals surface area contributed by atoms with Gasteiger partial charge in [0.25, 0.3) is 5.69 Å². The minimum absolute atomic E-state index is 0.0325. The summed E-state index contributed by atoms with van der Waals surface area (Å²) >= 11 is 5.62. The number of nitrogens with zero attached hydrogens (tertiary/aromatic N) is 1. The number of para-hydroxylation sites is 2. The van der Waals surface area contributed by atoms with Crippen molar-refractivity contribution in [2.75, 3.05) is 5.32 Å². The summed E-state index contributed by atoms with van der Waals surface area (Å²) in [4.78, 5) is 10.3. The molecule has 0 atom stereocenters. The summed E-state index contributed by atoms with van der Waals surface area (Å²) in [5.74, 6) is 0.619. The summed E-state index contributed by atoms with van der Waals surface area (Å²) in [6.45, 7) is 0.345. The number of nitro groups is 1. The Morgan fingerprint density at radius 2 is 2.06 bits per heavy atom. The van der Waals surface area contributed by atoms with Gasteiger partial charge in [-0.15, -0.1) is 0 Å². The Labute approximate surface area is 102 Å². The van der Waals surface area contributed by atoms with Crippen molar-refractivity contribution in [3.8, 4) is 0 Å². The van der Waals surface area contributed by atoms with Crippen LogP contribution in [0.15, 0.2) is 40.8 Å². The van der Waals surface area contributed by atoms with Crippen LogP contribution < -0.4 is 5.32 Å². The second kappa shape index (κ2) is 4.88. The Bertz CT molecular complexity index is 539. The van der Waals surface area contributed by atoms with E-state index in [9.17, 15) is 10.1 Å². The lowest BCUT2D eigenvalue weighted by atomic mass is 10.2. The molecule has 0 aliphatic rings. The van der Waals surface area contributed by atoms with Gasteiger partial charge in [-0.05, 0) is 29.8 Å². The van der Waals surface area contributed by atoms with Gasteiger partial charge in [0.15, 0.2) is 5.22 Å². The molecule has 0 saturated carbocycles. The van der Waals surface area contributed by atoms with Crippen LogP contribution in [0.4, 0.5) is 11.4 Å². The van der Waals surface area contributed by atoms with Crippen molar-refractivity contribution in [1.29, 1.82) is 0 Å². The number of benzene rings is 1. The van der Waals surface area contributed by atoms with E-state index in [4.69, 9.17) is 16.0 Å². The fraction of sp³-hybridized carbons (Fsp3) is 0.0909. The Morgan fingerprint density at radius 1 is 1.29 bits per heavy atom. The average molecular weight is 253 g/mol. The van der Waals surface area contributed by atoms with E-state index < -0.39 is 4.92 Å². The normalized spacial score (nSPS) is 10.2. The zero-order valence-corrected chi connectivity index (χ0v) is 9.48. The average Bonchev–Trinajstić information content (AvgIpc) is 2.73. The molecule has 0 radical (unpaired) electrons. The summed E-state index contributed by atoms with van der Waals surface area (Å²) in [6.07, 6.45) is 0. The van der Waals surface area contributed by atoms with E-state index in [0.29, 0.717) is 23.2 Å². The Hall–Kier alpha value is -2.01. The molecule has 0 fully saturated rings. The Balaban J connectivity index is 2.11. The number of rotatable bonds is 4. The van der Waals surface area contributed by atoms with Crippen LogP contribution in [0.2, 0.25) is 5.22 Å². The summed E-state index contributed by atoms with van der Waals surface area (Å²) in [6, 6.07) is 9.76. The molecule has 0 aliphatic carbocycles. The van der Waals surface area contributed by atoms with Gasteiger partial charge in [-0.25, -0.2) is 0 Å². The highest BCUT2D eigenvalue weighted by Crippen LogP contribution is 2.24. The first-order valence-electron chi connectivity index (χ1n) is 4.88. The van der Waals surface area contributed by atoms with Crippen LogP contribution in [0.5, 0.6) is 0 Å². The third-order valence-corrected chi connectivity index (χ3v) is 2.39. The van der Waals surface area contributed by atoms with Crippen LogP contribution >= 0.6 is 11.6 Å². The van der Waals surface area contributed by atoms with Crippen molar-refractivity contribution < 1.29 is 9.34 Å². The number of hydrogen-bond donors (Lipinski definition) is 1. The minimum atomic E-state index is -0.433. The maximum atomic E-state index is 10.8. The molecular formula is C11H9ClN2O3. The van der Waals surface area contributed by atoms with Crippen molar-refractivity contribution in [2.45, 2.75) is 6.54 Å². The van der Waals surface area contributed by atoms with E-state index in [2.05, 4.69) is 5.32 Å². The van der Waals surface area contributed by atoms with Crippen LogP contribution in [0.3, 0.4) is 0 Å².